The average Bonchev–Trinajstić information content (AvgIpc) is 2.78. The number of amides is 1. The first kappa shape index (κ1) is 10.3. The van der Waals surface area contributed by atoms with Gasteiger partial charge in [-0.3, -0.25) is 9.78 Å². The highest BCUT2D eigenvalue weighted by Crippen LogP contribution is 2.12. The van der Waals surface area contributed by atoms with Crippen LogP contribution < -0.4 is 11.5 Å². The number of nitrogens with zero attached hydrogens (tertiary/aromatic N) is 3. The second-order valence-electron chi connectivity index (χ2n) is 3.25. The van der Waals surface area contributed by atoms with Crippen molar-refractivity contribution in [2.24, 2.45) is 11.5 Å². The number of hydrogen-bond donors (Lipinski definition) is 2. The van der Waals surface area contributed by atoms with Gasteiger partial charge in [0.05, 0.1) is 23.6 Å². The van der Waals surface area contributed by atoms with E-state index in [1.807, 2.05) is 0 Å². The number of aromatic nitrogens is 3. The molecule has 2 rings (SSSR count). The van der Waals surface area contributed by atoms with Crippen molar-refractivity contribution in [3.05, 3.63) is 42.0 Å². The van der Waals surface area contributed by atoms with Gasteiger partial charge in [0.15, 0.2) is 0 Å². The van der Waals surface area contributed by atoms with Crippen LogP contribution in [0.4, 0.5) is 0 Å². The Balaban J connectivity index is 2.46. The second-order valence-corrected chi connectivity index (χ2v) is 3.25. The molecule has 0 bridgehead atoms. The average molecular weight is 217 g/mol. The first-order valence-corrected chi connectivity index (χ1v) is 4.70. The normalized spacial score (nSPS) is 10.3. The first-order chi connectivity index (χ1) is 7.72. The van der Waals surface area contributed by atoms with E-state index in [-0.39, 0.29) is 0 Å². The third-order valence-electron chi connectivity index (χ3n) is 2.22. The Morgan fingerprint density at radius 3 is 2.88 bits per heavy atom. The molecule has 16 heavy (non-hydrogen) atoms. The summed E-state index contributed by atoms with van der Waals surface area (Å²) in [7, 11) is 0. The van der Waals surface area contributed by atoms with E-state index in [4.69, 9.17) is 11.5 Å². The molecular weight excluding hydrogens is 206 g/mol. The standard InChI is InChI=1S/C10H11N5O/c11-3-7-1-2-13-5-9(7)15-6-8(4-14-15)10(12)16/h1-2,4-6H,3,11H2,(H2,12,16). The number of nitrogens with two attached hydrogens (primary N) is 2. The molecule has 2 aromatic heterocycles. The summed E-state index contributed by atoms with van der Waals surface area (Å²) in [6, 6.07) is 1.81. The molecule has 0 spiro atoms. The fourth-order valence-electron chi connectivity index (χ4n) is 1.38. The monoisotopic (exact) mass is 217 g/mol. The molecule has 6 heteroatoms. The van der Waals surface area contributed by atoms with E-state index in [9.17, 15) is 4.79 Å². The Bertz CT molecular complexity index is 519. The minimum absolute atomic E-state index is 0.354. The molecule has 0 saturated carbocycles. The number of carbonyl (C=O) groups is 1. The van der Waals surface area contributed by atoms with Crippen molar-refractivity contribution >= 4 is 5.91 Å². The van der Waals surface area contributed by atoms with Crippen molar-refractivity contribution in [2.75, 3.05) is 0 Å². The number of primary amides is 1. The Morgan fingerprint density at radius 1 is 1.44 bits per heavy atom. The summed E-state index contributed by atoms with van der Waals surface area (Å²) < 4.78 is 1.54. The molecular formula is C10H11N5O. The maximum Gasteiger partial charge on any atom is 0.251 e. The zero-order valence-electron chi connectivity index (χ0n) is 8.50. The highest BCUT2D eigenvalue weighted by molar-refractivity contribution is 5.92. The molecule has 0 aromatic carbocycles. The summed E-state index contributed by atoms with van der Waals surface area (Å²) in [5, 5.41) is 4.04. The van der Waals surface area contributed by atoms with Crippen LogP contribution >= 0.6 is 0 Å². The zero-order valence-corrected chi connectivity index (χ0v) is 8.50. The van der Waals surface area contributed by atoms with Gasteiger partial charge in [-0.2, -0.15) is 5.10 Å². The van der Waals surface area contributed by atoms with Crippen LogP contribution in [-0.4, -0.2) is 20.7 Å². The van der Waals surface area contributed by atoms with Crippen LogP contribution in [0.3, 0.4) is 0 Å². The Kier molecular flexibility index (Phi) is 2.65. The first-order valence-electron chi connectivity index (χ1n) is 4.70. The fraction of sp³-hybridized carbons (Fsp3) is 0.100. The smallest absolute Gasteiger partial charge is 0.251 e. The van der Waals surface area contributed by atoms with E-state index >= 15 is 0 Å². The lowest BCUT2D eigenvalue weighted by Crippen LogP contribution is -2.10. The van der Waals surface area contributed by atoms with Crippen molar-refractivity contribution in [2.45, 2.75) is 6.54 Å². The maximum atomic E-state index is 10.9. The van der Waals surface area contributed by atoms with Gasteiger partial charge in [-0.1, -0.05) is 0 Å². The molecule has 0 aliphatic heterocycles. The van der Waals surface area contributed by atoms with E-state index in [0.717, 1.165) is 11.3 Å². The summed E-state index contributed by atoms with van der Waals surface area (Å²) in [6.07, 6.45) is 6.26. The van der Waals surface area contributed by atoms with Crippen molar-refractivity contribution in [1.82, 2.24) is 14.8 Å². The van der Waals surface area contributed by atoms with Gasteiger partial charge >= 0.3 is 0 Å². The quantitative estimate of drug-likeness (QED) is 0.745. The van der Waals surface area contributed by atoms with E-state index < -0.39 is 5.91 Å². The molecule has 0 aliphatic carbocycles. The van der Waals surface area contributed by atoms with E-state index in [2.05, 4.69) is 10.1 Å². The molecule has 1 amide bonds. The second kappa shape index (κ2) is 4.11. The minimum atomic E-state index is -0.510. The van der Waals surface area contributed by atoms with Crippen LogP contribution in [0.25, 0.3) is 5.69 Å². The Morgan fingerprint density at radius 2 is 2.25 bits per heavy atom. The molecule has 2 heterocycles. The fourth-order valence-corrected chi connectivity index (χ4v) is 1.38. The van der Waals surface area contributed by atoms with Crippen LogP contribution in [0.15, 0.2) is 30.9 Å². The topological polar surface area (TPSA) is 99.8 Å². The zero-order chi connectivity index (χ0) is 11.5. The van der Waals surface area contributed by atoms with Gasteiger partial charge in [0.1, 0.15) is 0 Å². The molecule has 4 N–H and O–H groups in total. The number of carbonyl (C=O) groups excluding carboxylic acids is 1. The number of pyridine rings is 1. The van der Waals surface area contributed by atoms with Crippen molar-refractivity contribution in [1.29, 1.82) is 0 Å². The van der Waals surface area contributed by atoms with Crippen LogP contribution in [0.2, 0.25) is 0 Å². The summed E-state index contributed by atoms with van der Waals surface area (Å²) in [5.74, 6) is -0.510. The molecule has 0 fully saturated rings. The van der Waals surface area contributed by atoms with Gasteiger partial charge in [0.25, 0.3) is 5.91 Å². The number of hydrogen-bond acceptors (Lipinski definition) is 4. The molecule has 6 nitrogen and oxygen atoms in total. The minimum Gasteiger partial charge on any atom is -0.366 e. The van der Waals surface area contributed by atoms with E-state index in [1.54, 1.807) is 24.7 Å². The number of rotatable bonds is 3. The molecule has 82 valence electrons. The lowest BCUT2D eigenvalue weighted by Gasteiger charge is -2.05. The van der Waals surface area contributed by atoms with Crippen LogP contribution in [0.5, 0.6) is 0 Å². The van der Waals surface area contributed by atoms with Gasteiger partial charge in [-0.15, -0.1) is 0 Å². The van der Waals surface area contributed by atoms with Gasteiger partial charge in [0.2, 0.25) is 0 Å². The maximum absolute atomic E-state index is 10.9. The summed E-state index contributed by atoms with van der Waals surface area (Å²) >= 11 is 0. The predicted octanol–water partition coefficient (Wildman–Crippen LogP) is -0.175. The summed E-state index contributed by atoms with van der Waals surface area (Å²) in [4.78, 5) is 14.9. The van der Waals surface area contributed by atoms with Crippen molar-refractivity contribution in [3.8, 4) is 5.69 Å². The van der Waals surface area contributed by atoms with Gasteiger partial charge in [0, 0.05) is 18.9 Å². The van der Waals surface area contributed by atoms with Crippen LogP contribution in [0, 0.1) is 0 Å². The molecule has 0 saturated heterocycles. The molecule has 0 aliphatic rings. The molecule has 0 radical (unpaired) electrons. The summed E-state index contributed by atoms with van der Waals surface area (Å²) in [5.41, 5.74) is 12.7. The van der Waals surface area contributed by atoms with Gasteiger partial charge < -0.3 is 11.5 Å². The predicted molar refractivity (Wildman–Crippen MR) is 57.8 cm³/mol. The lowest BCUT2D eigenvalue weighted by atomic mass is 10.2. The highest BCUT2D eigenvalue weighted by atomic mass is 16.1. The Labute approximate surface area is 91.9 Å². The van der Waals surface area contributed by atoms with Gasteiger partial charge in [-0.05, 0) is 11.6 Å². The molecule has 0 atom stereocenters. The van der Waals surface area contributed by atoms with Gasteiger partial charge in [-0.25, -0.2) is 4.68 Å². The largest absolute Gasteiger partial charge is 0.366 e. The third kappa shape index (κ3) is 1.78. The summed E-state index contributed by atoms with van der Waals surface area (Å²) in [6.45, 7) is 0.379. The SMILES string of the molecule is NCc1ccncc1-n1cc(C(N)=O)cn1. The molecule has 0 unspecified atom stereocenters. The van der Waals surface area contributed by atoms with E-state index in [1.165, 1.54) is 10.9 Å². The van der Waals surface area contributed by atoms with Crippen molar-refractivity contribution < 1.29 is 4.79 Å². The third-order valence-corrected chi connectivity index (χ3v) is 2.22. The van der Waals surface area contributed by atoms with Crippen LogP contribution in [0.1, 0.15) is 15.9 Å². The lowest BCUT2D eigenvalue weighted by molar-refractivity contribution is 0.100. The Hall–Kier alpha value is -2.21. The highest BCUT2D eigenvalue weighted by Gasteiger charge is 2.08. The van der Waals surface area contributed by atoms with Crippen molar-refractivity contribution in [3.63, 3.8) is 0 Å². The molecule has 2 aromatic rings. The van der Waals surface area contributed by atoms with E-state index in [0.29, 0.717) is 12.1 Å². The van der Waals surface area contributed by atoms with Crippen LogP contribution in [-0.2, 0) is 6.54 Å².